The maximum atomic E-state index is 11.5. The Bertz CT molecular complexity index is 1050. The van der Waals surface area contributed by atoms with Crippen LogP contribution in [-0.2, 0) is 19.1 Å². The molecule has 1 fully saturated rings. The van der Waals surface area contributed by atoms with Crippen molar-refractivity contribution in [2.24, 2.45) is 5.92 Å². The molecule has 2 aromatic rings. The van der Waals surface area contributed by atoms with E-state index in [4.69, 9.17) is 14.2 Å². The quantitative estimate of drug-likeness (QED) is 0.225. The van der Waals surface area contributed by atoms with E-state index in [1.165, 1.54) is 6.92 Å². The van der Waals surface area contributed by atoms with E-state index >= 15 is 0 Å². The van der Waals surface area contributed by atoms with E-state index in [9.17, 15) is 14.7 Å². The van der Waals surface area contributed by atoms with Crippen molar-refractivity contribution in [3.63, 3.8) is 0 Å². The zero-order chi connectivity index (χ0) is 25.9. The van der Waals surface area contributed by atoms with Crippen molar-refractivity contribution in [1.82, 2.24) is 0 Å². The molecular weight excluding hydrogens is 458 g/mol. The maximum Gasteiger partial charge on any atom is 0.331 e. The monoisotopic (exact) mass is 495 g/mol. The molecule has 0 amide bonds. The molecule has 1 unspecified atom stereocenters. The van der Waals surface area contributed by atoms with Crippen molar-refractivity contribution in [1.29, 1.82) is 0 Å². The van der Waals surface area contributed by atoms with Gasteiger partial charge in [0.2, 0.25) is 0 Å². The summed E-state index contributed by atoms with van der Waals surface area (Å²) in [6, 6.07) is 14.0. The molecule has 1 heterocycles. The highest BCUT2D eigenvalue weighted by Gasteiger charge is 2.25. The molecule has 0 radical (unpaired) electrons. The van der Waals surface area contributed by atoms with Gasteiger partial charge in [-0.3, -0.25) is 4.79 Å². The third-order valence-corrected chi connectivity index (χ3v) is 6.21. The predicted molar refractivity (Wildman–Crippen MR) is 141 cm³/mol. The number of benzene rings is 2. The molecule has 0 aromatic heterocycles. The molecule has 3 rings (SSSR count). The summed E-state index contributed by atoms with van der Waals surface area (Å²) in [6.07, 6.45) is 4.81. The van der Waals surface area contributed by atoms with Crippen molar-refractivity contribution < 1.29 is 28.9 Å². The Balaban J connectivity index is 1.73. The number of nitrogens with zero attached hydrogens (tertiary/aromatic N) is 1. The van der Waals surface area contributed by atoms with Crippen molar-refractivity contribution in [3.05, 3.63) is 53.6 Å². The first-order chi connectivity index (χ1) is 17.4. The van der Waals surface area contributed by atoms with Crippen LogP contribution in [0.3, 0.4) is 0 Å². The number of carboxylic acids is 1. The van der Waals surface area contributed by atoms with Gasteiger partial charge >= 0.3 is 11.9 Å². The normalized spacial score (nSPS) is 15.7. The molecule has 1 aliphatic rings. The average Bonchev–Trinajstić information content (AvgIpc) is 3.34. The Morgan fingerprint density at radius 2 is 1.81 bits per heavy atom. The fourth-order valence-electron chi connectivity index (χ4n) is 4.17. The molecular formula is C29H37NO6. The van der Waals surface area contributed by atoms with Crippen molar-refractivity contribution >= 4 is 23.7 Å². The number of hydrogen-bond donors (Lipinski definition) is 1. The molecule has 194 valence electrons. The zero-order valence-electron chi connectivity index (χ0n) is 21.5. The van der Waals surface area contributed by atoms with E-state index in [0.29, 0.717) is 19.8 Å². The van der Waals surface area contributed by atoms with Gasteiger partial charge < -0.3 is 24.2 Å². The van der Waals surface area contributed by atoms with Crippen LogP contribution in [-0.4, -0.2) is 56.6 Å². The lowest BCUT2D eigenvalue weighted by molar-refractivity contribution is -0.142. The van der Waals surface area contributed by atoms with Crippen LogP contribution in [0, 0.1) is 5.92 Å². The minimum absolute atomic E-state index is 0.260. The number of esters is 1. The van der Waals surface area contributed by atoms with Crippen LogP contribution in [0.1, 0.15) is 45.6 Å². The molecule has 0 aliphatic carbocycles. The number of aliphatic carboxylic acids is 1. The van der Waals surface area contributed by atoms with Gasteiger partial charge in [0.05, 0.1) is 13.2 Å². The summed E-state index contributed by atoms with van der Waals surface area (Å²) in [4.78, 5) is 24.9. The van der Waals surface area contributed by atoms with E-state index in [1.807, 2.05) is 36.4 Å². The summed E-state index contributed by atoms with van der Waals surface area (Å²) in [7, 11) is 0. The summed E-state index contributed by atoms with van der Waals surface area (Å²) in [5.41, 5.74) is 4.12. The molecule has 1 atom stereocenters. The first kappa shape index (κ1) is 27.3. The highest BCUT2D eigenvalue weighted by Crippen LogP contribution is 2.33. The van der Waals surface area contributed by atoms with Crippen LogP contribution in [0.4, 0.5) is 5.69 Å². The number of carbonyl (C=O) groups excluding carboxylic acids is 1. The van der Waals surface area contributed by atoms with Gasteiger partial charge in [0.1, 0.15) is 12.4 Å². The van der Waals surface area contributed by atoms with E-state index in [0.717, 1.165) is 67.1 Å². The molecule has 2 aromatic carbocycles. The minimum Gasteiger partial charge on any atom is -0.491 e. The van der Waals surface area contributed by atoms with Gasteiger partial charge in [0.25, 0.3) is 0 Å². The van der Waals surface area contributed by atoms with E-state index in [-0.39, 0.29) is 17.5 Å². The first-order valence-corrected chi connectivity index (χ1v) is 12.6. The smallest absolute Gasteiger partial charge is 0.331 e. The van der Waals surface area contributed by atoms with Crippen LogP contribution in [0.15, 0.2) is 48.0 Å². The van der Waals surface area contributed by atoms with Gasteiger partial charge in [0, 0.05) is 43.8 Å². The van der Waals surface area contributed by atoms with Crippen LogP contribution in [0.2, 0.25) is 0 Å². The molecule has 0 saturated carbocycles. The number of anilines is 1. The molecule has 0 spiro atoms. The van der Waals surface area contributed by atoms with E-state index in [1.54, 1.807) is 13.0 Å². The topological polar surface area (TPSA) is 85.3 Å². The molecule has 1 saturated heterocycles. The number of unbranched alkanes of at least 4 members (excludes halogenated alkanes) is 1. The van der Waals surface area contributed by atoms with Crippen molar-refractivity contribution in [2.45, 2.75) is 40.0 Å². The molecule has 36 heavy (non-hydrogen) atoms. The van der Waals surface area contributed by atoms with Crippen LogP contribution in [0.5, 0.6) is 5.75 Å². The van der Waals surface area contributed by atoms with Gasteiger partial charge in [-0.25, -0.2) is 4.79 Å². The Morgan fingerprint density at radius 3 is 2.50 bits per heavy atom. The van der Waals surface area contributed by atoms with Crippen LogP contribution < -0.4 is 9.64 Å². The lowest BCUT2D eigenvalue weighted by Gasteiger charge is -2.22. The standard InChI is InChI=1S/C29H37NO6/c1-4-5-14-34-15-16-35-27-9-6-24(7-10-27)25-8-11-28(26(18-25)17-21(2)29(32)33)30-13-12-23(19-30)20-36-22(3)31/h6-11,17-18,23H,4-5,12-16,19-20H2,1-3H3,(H,32,33). The maximum absolute atomic E-state index is 11.5. The first-order valence-electron chi connectivity index (χ1n) is 12.6. The Kier molecular flexibility index (Phi) is 10.4. The molecule has 0 bridgehead atoms. The number of carbonyl (C=O) groups is 2. The lowest BCUT2D eigenvalue weighted by Crippen LogP contribution is -2.22. The fourth-order valence-corrected chi connectivity index (χ4v) is 4.17. The van der Waals surface area contributed by atoms with Crippen molar-refractivity contribution in [2.75, 3.05) is 44.4 Å². The highest BCUT2D eigenvalue weighted by molar-refractivity contribution is 5.93. The zero-order valence-corrected chi connectivity index (χ0v) is 21.5. The summed E-state index contributed by atoms with van der Waals surface area (Å²) >= 11 is 0. The van der Waals surface area contributed by atoms with Crippen LogP contribution in [0.25, 0.3) is 17.2 Å². The van der Waals surface area contributed by atoms with Gasteiger partial charge in [-0.15, -0.1) is 0 Å². The van der Waals surface area contributed by atoms with Gasteiger partial charge in [-0.05, 0) is 66.8 Å². The van der Waals surface area contributed by atoms with Crippen molar-refractivity contribution in [3.8, 4) is 16.9 Å². The minimum atomic E-state index is -0.944. The second-order valence-corrected chi connectivity index (χ2v) is 9.15. The number of hydrogen-bond acceptors (Lipinski definition) is 6. The van der Waals surface area contributed by atoms with Gasteiger partial charge in [-0.2, -0.15) is 0 Å². The van der Waals surface area contributed by atoms with E-state index in [2.05, 4.69) is 17.9 Å². The number of carboxylic acid groups (broad SMARTS) is 1. The van der Waals surface area contributed by atoms with Crippen LogP contribution >= 0.6 is 0 Å². The highest BCUT2D eigenvalue weighted by atomic mass is 16.5. The Hall–Kier alpha value is -3.32. The second-order valence-electron chi connectivity index (χ2n) is 9.15. The number of rotatable bonds is 13. The van der Waals surface area contributed by atoms with Gasteiger partial charge in [0.15, 0.2) is 0 Å². The lowest BCUT2D eigenvalue weighted by atomic mass is 10.00. The summed E-state index contributed by atoms with van der Waals surface area (Å²) in [5.74, 6) is -0.168. The third kappa shape index (κ3) is 8.12. The molecule has 1 aliphatic heterocycles. The summed E-state index contributed by atoms with van der Waals surface area (Å²) < 4.78 is 16.5. The SMILES string of the molecule is CCCCOCCOc1ccc(-c2ccc(N3CCC(COC(C)=O)C3)c(C=C(C)C(=O)O)c2)cc1. The van der Waals surface area contributed by atoms with E-state index < -0.39 is 5.97 Å². The molecule has 7 heteroatoms. The third-order valence-electron chi connectivity index (χ3n) is 6.21. The number of ether oxygens (including phenoxy) is 3. The molecule has 7 nitrogen and oxygen atoms in total. The Labute approximate surface area is 213 Å². The second kappa shape index (κ2) is 13.7. The summed E-state index contributed by atoms with van der Waals surface area (Å²) in [6.45, 7) is 8.99. The predicted octanol–water partition coefficient (Wildman–Crippen LogP) is 5.43. The average molecular weight is 496 g/mol. The van der Waals surface area contributed by atoms with Gasteiger partial charge in [-0.1, -0.05) is 31.5 Å². The molecule has 1 N–H and O–H groups in total. The Morgan fingerprint density at radius 1 is 1.06 bits per heavy atom. The largest absolute Gasteiger partial charge is 0.491 e. The summed E-state index contributed by atoms with van der Waals surface area (Å²) in [5, 5.41) is 9.46. The fraction of sp³-hybridized carbons (Fsp3) is 0.448.